The first-order valence-corrected chi connectivity index (χ1v) is 9.92. The van der Waals surface area contributed by atoms with Crippen molar-refractivity contribution in [3.05, 3.63) is 57.3 Å². The first kappa shape index (κ1) is 18.7. The first-order valence-electron chi connectivity index (χ1n) is 8.22. The van der Waals surface area contributed by atoms with Crippen LogP contribution in [0.5, 0.6) is 5.75 Å². The van der Waals surface area contributed by atoms with Crippen LogP contribution in [-0.4, -0.2) is 29.9 Å². The monoisotopic (exact) mass is 433 g/mol. The standard InChI is InChI=1S/C19H13Cl2N3O3S/c20-13-3-2-12(6-14(13)21)23-18(25)7-24-16-5-11(15-9-28-10-22-15)1-4-17(16)27-8-19(24)26/h1-6,9-10H,7-8H2,(H,23,25). The second kappa shape index (κ2) is 7.79. The molecule has 6 nitrogen and oxygen atoms in total. The van der Waals surface area contributed by atoms with Crippen molar-refractivity contribution in [3.8, 4) is 17.0 Å². The maximum Gasteiger partial charge on any atom is 0.265 e. The van der Waals surface area contributed by atoms with Crippen LogP contribution in [0.4, 0.5) is 11.4 Å². The van der Waals surface area contributed by atoms with Gasteiger partial charge in [-0.15, -0.1) is 11.3 Å². The van der Waals surface area contributed by atoms with Gasteiger partial charge >= 0.3 is 0 Å². The smallest absolute Gasteiger partial charge is 0.265 e. The number of thiazole rings is 1. The van der Waals surface area contributed by atoms with Gasteiger partial charge in [0, 0.05) is 16.6 Å². The summed E-state index contributed by atoms with van der Waals surface area (Å²) in [6, 6.07) is 10.2. The Morgan fingerprint density at radius 2 is 2.07 bits per heavy atom. The van der Waals surface area contributed by atoms with E-state index in [0.717, 1.165) is 11.3 Å². The summed E-state index contributed by atoms with van der Waals surface area (Å²) in [6.07, 6.45) is 0. The van der Waals surface area contributed by atoms with Crippen molar-refractivity contribution < 1.29 is 14.3 Å². The quantitative estimate of drug-likeness (QED) is 0.658. The van der Waals surface area contributed by atoms with Crippen molar-refractivity contribution in [2.24, 2.45) is 0 Å². The number of halogens is 2. The van der Waals surface area contributed by atoms with Gasteiger partial charge in [-0.2, -0.15) is 0 Å². The Bertz CT molecular complexity index is 1060. The number of carbonyl (C=O) groups is 2. The topological polar surface area (TPSA) is 71.5 Å². The van der Waals surface area contributed by atoms with Crippen molar-refractivity contribution in [1.82, 2.24) is 4.98 Å². The number of fused-ring (bicyclic) bond motifs is 1. The van der Waals surface area contributed by atoms with E-state index in [4.69, 9.17) is 27.9 Å². The van der Waals surface area contributed by atoms with Gasteiger partial charge in [0.2, 0.25) is 5.91 Å². The van der Waals surface area contributed by atoms with Crippen LogP contribution in [0.1, 0.15) is 0 Å². The molecule has 0 spiro atoms. The lowest BCUT2D eigenvalue weighted by atomic mass is 10.1. The fraction of sp³-hybridized carbons (Fsp3) is 0.105. The van der Waals surface area contributed by atoms with Gasteiger partial charge in [-0.25, -0.2) is 4.98 Å². The van der Waals surface area contributed by atoms with Crippen molar-refractivity contribution in [2.75, 3.05) is 23.4 Å². The second-order valence-electron chi connectivity index (χ2n) is 6.00. The first-order chi connectivity index (χ1) is 13.5. The summed E-state index contributed by atoms with van der Waals surface area (Å²) in [6.45, 7) is -0.279. The van der Waals surface area contributed by atoms with Crippen LogP contribution in [0.25, 0.3) is 11.3 Å². The van der Waals surface area contributed by atoms with E-state index in [1.54, 1.807) is 35.8 Å². The molecule has 0 atom stereocenters. The minimum Gasteiger partial charge on any atom is -0.482 e. The molecule has 1 aliphatic heterocycles. The zero-order chi connectivity index (χ0) is 19.7. The number of ether oxygens (including phenoxy) is 1. The van der Waals surface area contributed by atoms with Crippen LogP contribution in [0.2, 0.25) is 10.0 Å². The lowest BCUT2D eigenvalue weighted by Crippen LogP contribution is -2.43. The van der Waals surface area contributed by atoms with Crippen LogP contribution in [-0.2, 0) is 9.59 Å². The van der Waals surface area contributed by atoms with Crippen molar-refractivity contribution in [3.63, 3.8) is 0 Å². The van der Waals surface area contributed by atoms with E-state index in [1.807, 2.05) is 11.4 Å². The van der Waals surface area contributed by atoms with E-state index in [2.05, 4.69) is 10.3 Å². The summed E-state index contributed by atoms with van der Waals surface area (Å²) >= 11 is 13.3. The molecular formula is C19H13Cl2N3O3S. The number of benzene rings is 2. The molecule has 0 aliphatic carbocycles. The predicted octanol–water partition coefficient (Wildman–Crippen LogP) is 4.48. The van der Waals surface area contributed by atoms with E-state index >= 15 is 0 Å². The minimum absolute atomic E-state index is 0.122. The number of amides is 2. The Labute approximate surface area is 174 Å². The summed E-state index contributed by atoms with van der Waals surface area (Å²) in [5, 5.41) is 5.36. The van der Waals surface area contributed by atoms with Crippen molar-refractivity contribution in [1.29, 1.82) is 0 Å². The fourth-order valence-electron chi connectivity index (χ4n) is 2.81. The van der Waals surface area contributed by atoms with Gasteiger partial charge in [-0.3, -0.25) is 14.5 Å². The lowest BCUT2D eigenvalue weighted by molar-refractivity contribution is -0.123. The molecule has 0 saturated carbocycles. The van der Waals surface area contributed by atoms with E-state index in [9.17, 15) is 9.59 Å². The number of nitrogens with one attached hydrogen (secondary N) is 1. The van der Waals surface area contributed by atoms with Crippen LogP contribution >= 0.6 is 34.5 Å². The van der Waals surface area contributed by atoms with E-state index in [0.29, 0.717) is 27.2 Å². The van der Waals surface area contributed by atoms with Crippen LogP contribution < -0.4 is 15.0 Å². The molecule has 0 fully saturated rings. The fourth-order valence-corrected chi connectivity index (χ4v) is 3.67. The molecule has 3 aromatic rings. The van der Waals surface area contributed by atoms with Gasteiger partial charge in [0.15, 0.2) is 6.61 Å². The molecule has 2 amide bonds. The molecule has 9 heteroatoms. The maximum atomic E-state index is 12.5. The SMILES string of the molecule is O=C(CN1C(=O)COc2ccc(-c3cscn3)cc21)Nc1ccc(Cl)c(Cl)c1. The minimum atomic E-state index is -0.362. The average Bonchev–Trinajstić information content (AvgIpc) is 3.21. The number of anilines is 2. The largest absolute Gasteiger partial charge is 0.482 e. The second-order valence-corrected chi connectivity index (χ2v) is 7.53. The van der Waals surface area contributed by atoms with Crippen LogP contribution in [0, 0.1) is 0 Å². The maximum absolute atomic E-state index is 12.5. The molecule has 1 aromatic heterocycles. The Hall–Kier alpha value is -2.61. The molecule has 0 unspecified atom stereocenters. The number of aromatic nitrogens is 1. The molecule has 0 radical (unpaired) electrons. The molecular weight excluding hydrogens is 421 g/mol. The highest BCUT2D eigenvalue weighted by molar-refractivity contribution is 7.07. The third kappa shape index (κ3) is 3.82. The van der Waals surface area contributed by atoms with Gasteiger partial charge < -0.3 is 10.1 Å². The Morgan fingerprint density at radius 3 is 2.82 bits per heavy atom. The molecule has 2 heterocycles. The lowest BCUT2D eigenvalue weighted by Gasteiger charge is -2.29. The number of carbonyl (C=O) groups excluding carboxylic acids is 2. The van der Waals surface area contributed by atoms with E-state index in [-0.39, 0.29) is 25.0 Å². The molecule has 0 saturated heterocycles. The van der Waals surface area contributed by atoms with Gasteiger partial charge in [0.1, 0.15) is 12.3 Å². The zero-order valence-corrected chi connectivity index (χ0v) is 16.6. The molecule has 28 heavy (non-hydrogen) atoms. The summed E-state index contributed by atoms with van der Waals surface area (Å²) in [7, 11) is 0. The Kier molecular flexibility index (Phi) is 5.21. The summed E-state index contributed by atoms with van der Waals surface area (Å²) in [4.78, 5) is 30.6. The van der Waals surface area contributed by atoms with Gasteiger partial charge in [0.25, 0.3) is 5.91 Å². The highest BCUT2D eigenvalue weighted by Gasteiger charge is 2.28. The zero-order valence-electron chi connectivity index (χ0n) is 14.3. The molecule has 4 rings (SSSR count). The number of hydrogen-bond donors (Lipinski definition) is 1. The predicted molar refractivity (Wildman–Crippen MR) is 110 cm³/mol. The Morgan fingerprint density at radius 1 is 1.21 bits per heavy atom. The van der Waals surface area contributed by atoms with Gasteiger partial charge in [-0.05, 0) is 36.4 Å². The van der Waals surface area contributed by atoms with Gasteiger partial charge in [0.05, 0.1) is 26.9 Å². The molecule has 1 aliphatic rings. The van der Waals surface area contributed by atoms with Crippen molar-refractivity contribution in [2.45, 2.75) is 0 Å². The summed E-state index contributed by atoms with van der Waals surface area (Å²) in [5.41, 5.74) is 4.40. The highest BCUT2D eigenvalue weighted by Crippen LogP contribution is 2.36. The number of hydrogen-bond acceptors (Lipinski definition) is 5. The third-order valence-corrected chi connectivity index (χ3v) is 5.46. The van der Waals surface area contributed by atoms with E-state index < -0.39 is 0 Å². The summed E-state index contributed by atoms with van der Waals surface area (Å²) < 4.78 is 5.49. The number of nitrogens with zero attached hydrogens (tertiary/aromatic N) is 2. The average molecular weight is 434 g/mol. The number of rotatable bonds is 4. The Balaban J connectivity index is 1.57. The highest BCUT2D eigenvalue weighted by atomic mass is 35.5. The van der Waals surface area contributed by atoms with Crippen molar-refractivity contribution >= 4 is 57.7 Å². The van der Waals surface area contributed by atoms with Gasteiger partial charge in [-0.1, -0.05) is 23.2 Å². The molecule has 2 aromatic carbocycles. The normalized spacial score (nSPS) is 13.1. The third-order valence-electron chi connectivity index (χ3n) is 4.14. The summed E-state index contributed by atoms with van der Waals surface area (Å²) in [5.74, 6) is -0.119. The van der Waals surface area contributed by atoms with Crippen LogP contribution in [0.3, 0.4) is 0 Å². The molecule has 0 bridgehead atoms. The molecule has 142 valence electrons. The van der Waals surface area contributed by atoms with Crippen LogP contribution in [0.15, 0.2) is 47.3 Å². The van der Waals surface area contributed by atoms with E-state index in [1.165, 1.54) is 16.2 Å². The molecule has 1 N–H and O–H groups in total.